The molecule has 1 aliphatic carbocycles. The van der Waals surface area contributed by atoms with Crippen molar-refractivity contribution in [2.24, 2.45) is 17.6 Å². The molecule has 2 heterocycles. The molecule has 39 heavy (non-hydrogen) atoms. The number of nitrogens with two attached hydrogens (primary N) is 1. The lowest BCUT2D eigenvalue weighted by atomic mass is 9.75. The number of likely N-dealkylation sites (tertiary alicyclic amines) is 1. The number of benzene rings is 1. The van der Waals surface area contributed by atoms with Crippen LogP contribution in [0.3, 0.4) is 0 Å². The highest BCUT2D eigenvalue weighted by Gasteiger charge is 2.40. The lowest BCUT2D eigenvalue weighted by Gasteiger charge is -2.40. The lowest BCUT2D eigenvalue weighted by Crippen LogP contribution is -2.51. The molecule has 3 atom stereocenters. The Morgan fingerprint density at radius 1 is 1.08 bits per heavy atom. The number of methoxy groups -OCH3 is 2. The molecule has 2 fully saturated rings. The Morgan fingerprint density at radius 3 is 2.46 bits per heavy atom. The third-order valence-electron chi connectivity index (χ3n) is 8.46. The summed E-state index contributed by atoms with van der Waals surface area (Å²) >= 11 is 0. The summed E-state index contributed by atoms with van der Waals surface area (Å²) in [4.78, 5) is 49.1. The van der Waals surface area contributed by atoms with Gasteiger partial charge >= 0.3 is 0 Å². The maximum atomic E-state index is 14.5. The standard InChI is InChI=1S/C30H42N4O5/c1-19-13-21(16-26(38-2)28(19)39-3)27(20-9-5-4-6-10-20)30(37)34-12-8-7-11-24(34)25(35)15-22(29(31)36)14-23-17-32-18-33-23/h13,16-18,20,22,24,27H,4-12,14-15H2,1-3H3,(H2,31,36)(H,32,33)/t22-,24+,27+/m1/s1. The van der Waals surface area contributed by atoms with E-state index in [0.29, 0.717) is 30.9 Å². The molecule has 3 N–H and O–H groups in total. The van der Waals surface area contributed by atoms with E-state index in [-0.39, 0.29) is 29.9 Å². The third kappa shape index (κ3) is 6.62. The number of amides is 2. The van der Waals surface area contributed by atoms with Crippen LogP contribution in [0, 0.1) is 18.8 Å². The minimum atomic E-state index is -0.653. The van der Waals surface area contributed by atoms with Crippen LogP contribution in [0.2, 0.25) is 0 Å². The zero-order valence-electron chi connectivity index (χ0n) is 23.4. The van der Waals surface area contributed by atoms with Crippen LogP contribution in [0.15, 0.2) is 24.7 Å². The second kappa shape index (κ2) is 13.1. The summed E-state index contributed by atoms with van der Waals surface area (Å²) in [5.41, 5.74) is 8.26. The predicted molar refractivity (Wildman–Crippen MR) is 148 cm³/mol. The van der Waals surface area contributed by atoms with Crippen LogP contribution in [0.25, 0.3) is 0 Å². The second-order valence-corrected chi connectivity index (χ2v) is 11.0. The van der Waals surface area contributed by atoms with Gasteiger partial charge in [0.1, 0.15) is 0 Å². The summed E-state index contributed by atoms with van der Waals surface area (Å²) in [7, 11) is 3.22. The minimum absolute atomic E-state index is 0.00392. The van der Waals surface area contributed by atoms with Gasteiger partial charge in [0.2, 0.25) is 11.8 Å². The van der Waals surface area contributed by atoms with E-state index in [2.05, 4.69) is 9.97 Å². The van der Waals surface area contributed by atoms with Crippen molar-refractivity contribution in [1.29, 1.82) is 0 Å². The molecule has 1 saturated carbocycles. The molecule has 2 aliphatic rings. The van der Waals surface area contributed by atoms with E-state index in [1.54, 1.807) is 25.3 Å². The number of hydrogen-bond donors (Lipinski definition) is 2. The first-order valence-electron chi connectivity index (χ1n) is 14.2. The molecule has 1 aromatic carbocycles. The smallest absolute Gasteiger partial charge is 0.231 e. The SMILES string of the molecule is COc1cc([C@@H](C(=O)N2CCCC[C@H]2C(=O)C[C@@H](Cc2cnc[nH]2)C(N)=O)C2CCCCC2)cc(C)c1OC. The quantitative estimate of drug-likeness (QED) is 0.444. The fourth-order valence-corrected chi connectivity index (χ4v) is 6.47. The molecule has 1 saturated heterocycles. The second-order valence-electron chi connectivity index (χ2n) is 11.0. The molecular weight excluding hydrogens is 496 g/mol. The molecule has 1 aliphatic heterocycles. The van der Waals surface area contributed by atoms with Gasteiger partial charge in [-0.25, -0.2) is 4.98 Å². The first-order valence-corrected chi connectivity index (χ1v) is 14.2. The summed E-state index contributed by atoms with van der Waals surface area (Å²) in [6, 6.07) is 3.41. The number of nitrogens with one attached hydrogen (secondary N) is 1. The van der Waals surface area contributed by atoms with E-state index in [1.807, 2.05) is 19.1 Å². The molecule has 0 radical (unpaired) electrons. The number of piperidine rings is 1. The maximum Gasteiger partial charge on any atom is 0.231 e. The van der Waals surface area contributed by atoms with Gasteiger partial charge in [0.15, 0.2) is 17.3 Å². The zero-order chi connectivity index (χ0) is 27.9. The molecule has 0 bridgehead atoms. The minimum Gasteiger partial charge on any atom is -0.493 e. The van der Waals surface area contributed by atoms with Gasteiger partial charge in [-0.3, -0.25) is 14.4 Å². The van der Waals surface area contributed by atoms with Crippen LogP contribution in [0.4, 0.5) is 0 Å². The number of rotatable bonds is 11. The van der Waals surface area contributed by atoms with E-state index in [4.69, 9.17) is 15.2 Å². The van der Waals surface area contributed by atoms with Crippen LogP contribution >= 0.6 is 0 Å². The highest BCUT2D eigenvalue weighted by Crippen LogP contribution is 2.42. The van der Waals surface area contributed by atoms with Crippen LogP contribution in [0.5, 0.6) is 11.5 Å². The number of aryl methyl sites for hydroxylation is 1. The highest BCUT2D eigenvalue weighted by atomic mass is 16.5. The summed E-state index contributed by atoms with van der Waals surface area (Å²) < 4.78 is 11.2. The molecule has 0 unspecified atom stereocenters. The van der Waals surface area contributed by atoms with Crippen molar-refractivity contribution in [3.05, 3.63) is 41.5 Å². The van der Waals surface area contributed by atoms with Gasteiger partial charge in [-0.2, -0.15) is 0 Å². The molecule has 9 heteroatoms. The van der Waals surface area contributed by atoms with Crippen LogP contribution < -0.4 is 15.2 Å². The molecule has 2 amide bonds. The molecule has 212 valence electrons. The van der Waals surface area contributed by atoms with Crippen molar-refractivity contribution < 1.29 is 23.9 Å². The van der Waals surface area contributed by atoms with Gasteiger partial charge in [-0.05, 0) is 62.1 Å². The molecule has 1 aromatic heterocycles. The van der Waals surface area contributed by atoms with E-state index < -0.39 is 17.9 Å². The number of aromatic amines is 1. The van der Waals surface area contributed by atoms with Crippen molar-refractivity contribution in [2.75, 3.05) is 20.8 Å². The normalized spacial score (nSPS) is 19.8. The molecule has 9 nitrogen and oxygen atoms in total. The number of hydrogen-bond acceptors (Lipinski definition) is 6. The lowest BCUT2D eigenvalue weighted by molar-refractivity contribution is -0.144. The zero-order valence-corrected chi connectivity index (χ0v) is 23.4. The Balaban J connectivity index is 1.62. The van der Waals surface area contributed by atoms with Crippen LogP contribution in [0.1, 0.15) is 80.5 Å². The molecule has 2 aromatic rings. The van der Waals surface area contributed by atoms with Gasteiger partial charge in [0, 0.05) is 31.3 Å². The van der Waals surface area contributed by atoms with Gasteiger partial charge in [-0.1, -0.05) is 25.3 Å². The predicted octanol–water partition coefficient (Wildman–Crippen LogP) is 4.08. The van der Waals surface area contributed by atoms with Crippen molar-refractivity contribution in [3.8, 4) is 11.5 Å². The largest absolute Gasteiger partial charge is 0.493 e. The number of H-pyrrole nitrogens is 1. The number of carbonyl (C=O) groups is 3. The summed E-state index contributed by atoms with van der Waals surface area (Å²) in [5, 5.41) is 0. The van der Waals surface area contributed by atoms with Crippen LogP contribution in [-0.2, 0) is 20.8 Å². The number of imidazole rings is 1. The summed E-state index contributed by atoms with van der Waals surface area (Å²) in [6.07, 6.45) is 11.1. The Hall–Kier alpha value is -3.36. The van der Waals surface area contributed by atoms with Crippen molar-refractivity contribution >= 4 is 17.6 Å². The van der Waals surface area contributed by atoms with E-state index in [9.17, 15) is 14.4 Å². The van der Waals surface area contributed by atoms with Crippen molar-refractivity contribution in [3.63, 3.8) is 0 Å². The maximum absolute atomic E-state index is 14.5. The average molecular weight is 539 g/mol. The Bertz CT molecular complexity index is 1140. The van der Waals surface area contributed by atoms with Crippen molar-refractivity contribution in [2.45, 2.75) is 83.1 Å². The Kier molecular flexibility index (Phi) is 9.64. The Labute approximate surface area is 230 Å². The number of carbonyl (C=O) groups excluding carboxylic acids is 3. The number of primary amides is 1. The topological polar surface area (TPSA) is 128 Å². The van der Waals surface area contributed by atoms with Gasteiger partial charge in [0.25, 0.3) is 0 Å². The first kappa shape index (κ1) is 28.6. The van der Waals surface area contributed by atoms with Crippen LogP contribution in [-0.4, -0.2) is 59.3 Å². The number of Topliss-reactive ketones (excluding diaryl/α,β-unsaturated/α-hetero) is 1. The average Bonchev–Trinajstić information content (AvgIpc) is 3.46. The number of ether oxygens (including phenoxy) is 2. The van der Waals surface area contributed by atoms with Gasteiger partial charge in [-0.15, -0.1) is 0 Å². The molecule has 4 rings (SSSR count). The van der Waals surface area contributed by atoms with E-state index in [1.165, 1.54) is 12.7 Å². The number of nitrogens with zero attached hydrogens (tertiary/aromatic N) is 2. The monoisotopic (exact) mass is 538 g/mol. The first-order chi connectivity index (χ1) is 18.8. The number of ketones is 1. The van der Waals surface area contributed by atoms with Gasteiger partial charge in [0.05, 0.1) is 38.4 Å². The molecule has 0 spiro atoms. The molecular formula is C30H42N4O5. The van der Waals surface area contributed by atoms with E-state index >= 15 is 0 Å². The van der Waals surface area contributed by atoms with Crippen molar-refractivity contribution in [1.82, 2.24) is 14.9 Å². The fraction of sp³-hybridized carbons (Fsp3) is 0.600. The Morgan fingerprint density at radius 2 is 1.82 bits per heavy atom. The number of aromatic nitrogens is 2. The third-order valence-corrected chi connectivity index (χ3v) is 8.46. The van der Waals surface area contributed by atoms with E-state index in [0.717, 1.165) is 55.3 Å². The summed E-state index contributed by atoms with van der Waals surface area (Å²) in [6.45, 7) is 2.50. The van der Waals surface area contributed by atoms with Gasteiger partial charge < -0.3 is 25.1 Å². The summed E-state index contributed by atoms with van der Waals surface area (Å²) in [5.74, 6) is -0.179. The fourth-order valence-electron chi connectivity index (χ4n) is 6.47. The highest BCUT2D eigenvalue weighted by molar-refractivity contribution is 5.94.